The topological polar surface area (TPSA) is 38.3 Å². The van der Waals surface area contributed by atoms with Gasteiger partial charge in [0.05, 0.1) is 6.61 Å². The van der Waals surface area contributed by atoms with Gasteiger partial charge >= 0.3 is 5.97 Å². The summed E-state index contributed by atoms with van der Waals surface area (Å²) in [6.07, 6.45) is 3.97. The number of esters is 1. The zero-order chi connectivity index (χ0) is 9.47. The van der Waals surface area contributed by atoms with E-state index in [0.29, 0.717) is 12.6 Å². The Bertz CT molecular complexity index is 251. The van der Waals surface area contributed by atoms with E-state index in [0.717, 1.165) is 12.8 Å². The lowest BCUT2D eigenvalue weighted by Gasteiger charge is -2.12. The first kappa shape index (κ1) is 8.75. The van der Waals surface area contributed by atoms with Gasteiger partial charge < -0.3 is 10.1 Å². The lowest BCUT2D eigenvalue weighted by atomic mass is 10.0. The normalized spacial score (nSPS) is 41.0. The Morgan fingerprint density at radius 3 is 3.08 bits per heavy atom. The summed E-state index contributed by atoms with van der Waals surface area (Å²) in [5, 5.41) is 3.26. The van der Waals surface area contributed by atoms with Gasteiger partial charge in [-0.2, -0.15) is 0 Å². The van der Waals surface area contributed by atoms with Crippen LogP contribution in [-0.4, -0.2) is 24.7 Å². The number of carbonyl (C=O) groups excluding carboxylic acids is 1. The van der Waals surface area contributed by atoms with Crippen LogP contribution in [-0.2, 0) is 9.53 Å². The second-order valence-electron chi connectivity index (χ2n) is 3.87. The van der Waals surface area contributed by atoms with Crippen LogP contribution in [0.4, 0.5) is 0 Å². The van der Waals surface area contributed by atoms with Crippen molar-refractivity contribution >= 4 is 5.97 Å². The minimum Gasteiger partial charge on any atom is -0.465 e. The molecule has 1 N–H and O–H groups in total. The second kappa shape index (κ2) is 2.84. The fraction of sp³-hybridized carbons (Fsp3) is 0.700. The van der Waals surface area contributed by atoms with Crippen molar-refractivity contribution in [3.8, 4) is 0 Å². The van der Waals surface area contributed by atoms with Crippen LogP contribution in [0.15, 0.2) is 12.7 Å². The third-order valence-electron chi connectivity index (χ3n) is 3.08. The van der Waals surface area contributed by atoms with E-state index in [1.807, 2.05) is 13.0 Å². The van der Waals surface area contributed by atoms with E-state index in [1.165, 1.54) is 0 Å². The quantitative estimate of drug-likeness (QED) is 0.518. The maximum atomic E-state index is 11.4. The van der Waals surface area contributed by atoms with Crippen LogP contribution in [0.1, 0.15) is 19.8 Å². The van der Waals surface area contributed by atoms with Crippen molar-refractivity contribution in [2.45, 2.75) is 31.8 Å². The molecule has 0 unspecified atom stereocenters. The monoisotopic (exact) mass is 181 g/mol. The van der Waals surface area contributed by atoms with E-state index < -0.39 is 0 Å². The van der Waals surface area contributed by atoms with Gasteiger partial charge in [0.2, 0.25) is 0 Å². The highest BCUT2D eigenvalue weighted by Gasteiger charge is 2.59. The summed E-state index contributed by atoms with van der Waals surface area (Å²) in [5.41, 5.74) is 0.206. The van der Waals surface area contributed by atoms with Crippen LogP contribution < -0.4 is 5.32 Å². The Labute approximate surface area is 78.1 Å². The van der Waals surface area contributed by atoms with Gasteiger partial charge in [-0.05, 0) is 19.8 Å². The average Bonchev–Trinajstić information content (AvgIpc) is 2.70. The highest BCUT2D eigenvalue weighted by Crippen LogP contribution is 2.55. The van der Waals surface area contributed by atoms with E-state index >= 15 is 0 Å². The van der Waals surface area contributed by atoms with Gasteiger partial charge in [0.15, 0.2) is 0 Å². The number of piperidine rings is 1. The minimum atomic E-state index is -0.115. The second-order valence-corrected chi connectivity index (χ2v) is 3.87. The lowest BCUT2D eigenvalue weighted by molar-refractivity contribution is -0.145. The summed E-state index contributed by atoms with van der Waals surface area (Å²) >= 11 is 0. The van der Waals surface area contributed by atoms with Crippen LogP contribution in [0.2, 0.25) is 0 Å². The number of rotatable bonds is 3. The molecule has 2 fully saturated rings. The molecular weight excluding hydrogens is 166 g/mol. The van der Waals surface area contributed by atoms with Crippen molar-refractivity contribution in [2.75, 3.05) is 6.61 Å². The number of fused-ring (bicyclic) bond motifs is 1. The Kier molecular flexibility index (Phi) is 1.91. The Hall–Kier alpha value is -0.830. The zero-order valence-corrected chi connectivity index (χ0v) is 7.88. The molecule has 2 aliphatic rings. The molecule has 3 nitrogen and oxygen atoms in total. The van der Waals surface area contributed by atoms with Crippen molar-refractivity contribution in [3.05, 3.63) is 12.7 Å². The molecule has 0 bridgehead atoms. The van der Waals surface area contributed by atoms with Gasteiger partial charge in [-0.25, -0.2) is 0 Å². The number of ether oxygens (including phenoxy) is 1. The van der Waals surface area contributed by atoms with Crippen molar-refractivity contribution < 1.29 is 9.53 Å². The summed E-state index contributed by atoms with van der Waals surface area (Å²) in [7, 11) is 0. The third kappa shape index (κ3) is 1.27. The number of carbonyl (C=O) groups is 1. The molecule has 0 radical (unpaired) electrons. The lowest BCUT2D eigenvalue weighted by Crippen LogP contribution is -2.35. The van der Waals surface area contributed by atoms with Crippen molar-refractivity contribution in [3.63, 3.8) is 0 Å². The Morgan fingerprint density at radius 2 is 2.54 bits per heavy atom. The van der Waals surface area contributed by atoms with Gasteiger partial charge in [0, 0.05) is 11.5 Å². The molecule has 1 heterocycles. The molecule has 3 atom stereocenters. The molecule has 1 aliphatic heterocycles. The van der Waals surface area contributed by atoms with Crippen molar-refractivity contribution in [1.82, 2.24) is 5.32 Å². The highest BCUT2D eigenvalue weighted by molar-refractivity contribution is 5.77. The zero-order valence-electron chi connectivity index (χ0n) is 7.88. The van der Waals surface area contributed by atoms with Gasteiger partial charge in [-0.3, -0.25) is 4.79 Å². The average molecular weight is 181 g/mol. The standard InChI is InChI=1S/C10H15NO2/c1-3-10-5-7(9(12)13-4-2)11-8(10)6-10/h3,7-8,11H,1,4-6H2,2H3/t7-,8-,10+/m0/s1. The molecule has 0 amide bonds. The molecule has 72 valence electrons. The molecule has 0 aromatic heterocycles. The predicted octanol–water partition coefficient (Wildman–Crippen LogP) is 0.856. The first-order valence-corrected chi connectivity index (χ1v) is 4.78. The predicted molar refractivity (Wildman–Crippen MR) is 49.2 cm³/mol. The van der Waals surface area contributed by atoms with Gasteiger partial charge in [0.25, 0.3) is 0 Å². The molecule has 3 heteroatoms. The number of hydrogen-bond donors (Lipinski definition) is 1. The van der Waals surface area contributed by atoms with Crippen molar-refractivity contribution in [1.29, 1.82) is 0 Å². The summed E-state index contributed by atoms with van der Waals surface area (Å²) in [5.74, 6) is -0.115. The first-order chi connectivity index (χ1) is 6.22. The Morgan fingerprint density at radius 1 is 1.77 bits per heavy atom. The van der Waals surface area contributed by atoms with Crippen LogP contribution in [0.25, 0.3) is 0 Å². The molecule has 0 aromatic carbocycles. The Balaban J connectivity index is 1.93. The van der Waals surface area contributed by atoms with Crippen molar-refractivity contribution in [2.24, 2.45) is 5.41 Å². The van der Waals surface area contributed by atoms with E-state index in [4.69, 9.17) is 4.74 Å². The molecule has 0 spiro atoms. The minimum absolute atomic E-state index is 0.100. The smallest absolute Gasteiger partial charge is 0.323 e. The largest absolute Gasteiger partial charge is 0.465 e. The van der Waals surface area contributed by atoms with Gasteiger partial charge in [0.1, 0.15) is 6.04 Å². The fourth-order valence-corrected chi connectivity index (χ4v) is 2.16. The SMILES string of the molecule is C=C[C@]12C[C@@H](C(=O)OCC)N[C@H]1C2. The molecule has 1 aliphatic carbocycles. The molecule has 1 saturated carbocycles. The molecular formula is C10H15NO2. The number of nitrogens with one attached hydrogen (secondary N) is 1. The first-order valence-electron chi connectivity index (χ1n) is 4.78. The third-order valence-corrected chi connectivity index (χ3v) is 3.08. The van der Waals surface area contributed by atoms with Gasteiger partial charge in [-0.1, -0.05) is 6.08 Å². The highest BCUT2D eigenvalue weighted by atomic mass is 16.5. The summed E-state index contributed by atoms with van der Waals surface area (Å²) in [4.78, 5) is 11.4. The molecule has 13 heavy (non-hydrogen) atoms. The summed E-state index contributed by atoms with van der Waals surface area (Å²) < 4.78 is 4.95. The molecule has 0 aromatic rings. The van der Waals surface area contributed by atoms with Crippen LogP contribution in [0, 0.1) is 5.41 Å². The van der Waals surface area contributed by atoms with E-state index in [1.54, 1.807) is 0 Å². The number of hydrogen-bond acceptors (Lipinski definition) is 3. The van der Waals surface area contributed by atoms with E-state index in [2.05, 4.69) is 11.9 Å². The van der Waals surface area contributed by atoms with E-state index in [-0.39, 0.29) is 17.4 Å². The summed E-state index contributed by atoms with van der Waals surface area (Å²) in [6, 6.07) is 0.371. The van der Waals surface area contributed by atoms with E-state index in [9.17, 15) is 4.79 Å². The van der Waals surface area contributed by atoms with Crippen LogP contribution in [0.5, 0.6) is 0 Å². The van der Waals surface area contributed by atoms with Crippen LogP contribution >= 0.6 is 0 Å². The maximum Gasteiger partial charge on any atom is 0.323 e. The van der Waals surface area contributed by atoms with Crippen LogP contribution in [0.3, 0.4) is 0 Å². The summed E-state index contributed by atoms with van der Waals surface area (Å²) in [6.45, 7) is 6.10. The maximum absolute atomic E-state index is 11.4. The van der Waals surface area contributed by atoms with Gasteiger partial charge in [-0.15, -0.1) is 6.58 Å². The molecule has 1 saturated heterocycles. The fourth-order valence-electron chi connectivity index (χ4n) is 2.16. The molecule has 2 rings (SSSR count).